The maximum Gasteiger partial charge on any atom is 0.0541 e. The first-order valence-corrected chi connectivity index (χ1v) is 19.3. The van der Waals surface area contributed by atoms with E-state index in [0.717, 1.165) is 22.7 Å². The Kier molecular flexibility index (Phi) is 7.53. The van der Waals surface area contributed by atoms with Crippen molar-refractivity contribution in [3.63, 3.8) is 0 Å². The molecule has 0 radical (unpaired) electrons. The van der Waals surface area contributed by atoms with E-state index in [1.54, 1.807) is 0 Å². The van der Waals surface area contributed by atoms with Crippen molar-refractivity contribution >= 4 is 71.2 Å². The van der Waals surface area contributed by atoms with Crippen LogP contribution in [0.5, 0.6) is 0 Å². The lowest BCUT2D eigenvalue weighted by Gasteiger charge is -2.26. The first-order valence-electron chi connectivity index (χ1n) is 19.3. The molecule has 0 fully saturated rings. The molecule has 0 aliphatic carbocycles. The van der Waals surface area contributed by atoms with Crippen molar-refractivity contribution in [1.29, 1.82) is 0 Å². The van der Waals surface area contributed by atoms with E-state index in [-0.39, 0.29) is 0 Å². The summed E-state index contributed by atoms with van der Waals surface area (Å²) in [6.07, 6.45) is 0. The number of anilines is 3. The Balaban J connectivity index is 1.01. The Morgan fingerprint density at radius 3 is 1.46 bits per heavy atom. The number of nitrogens with zero attached hydrogens (tertiary/aromatic N) is 2. The van der Waals surface area contributed by atoms with Crippen LogP contribution in [0.15, 0.2) is 218 Å². The van der Waals surface area contributed by atoms with Gasteiger partial charge in [-0.15, -0.1) is 0 Å². The molecule has 262 valence electrons. The second-order valence-corrected chi connectivity index (χ2v) is 14.6. The summed E-state index contributed by atoms with van der Waals surface area (Å²) in [4.78, 5) is 2.36. The Hall–Kier alpha value is -7.42. The minimum atomic E-state index is 1.09. The molecule has 0 spiro atoms. The molecule has 56 heavy (non-hydrogen) atoms. The lowest BCUT2D eigenvalue weighted by molar-refractivity contribution is 1.17. The Bertz CT molecular complexity index is 3170. The largest absolute Gasteiger partial charge is 0.311 e. The van der Waals surface area contributed by atoms with Crippen LogP contribution in [0.4, 0.5) is 17.1 Å². The second kappa shape index (κ2) is 13.2. The van der Waals surface area contributed by atoms with E-state index in [0.29, 0.717) is 0 Å². The monoisotopic (exact) mass is 712 g/mol. The molecular formula is C54H36N2. The number of aromatic nitrogens is 1. The highest BCUT2D eigenvalue weighted by molar-refractivity contribution is 6.12. The molecule has 2 nitrogen and oxygen atoms in total. The maximum atomic E-state index is 2.37. The van der Waals surface area contributed by atoms with Gasteiger partial charge in [-0.1, -0.05) is 152 Å². The SMILES string of the molecule is c1ccc2cc(-c3ccc(N(c4ccc(-c5cccc6c5ccc5ccccc56)cc4)c4ccc(-n5c6ccccc6c6ccccc65)cc4)cc3)ccc2c1. The lowest BCUT2D eigenvalue weighted by atomic mass is 9.94. The third-order valence-corrected chi connectivity index (χ3v) is 11.4. The molecule has 2 heteroatoms. The molecule has 0 saturated carbocycles. The van der Waals surface area contributed by atoms with Gasteiger partial charge in [-0.3, -0.25) is 0 Å². The minimum absolute atomic E-state index is 1.09. The van der Waals surface area contributed by atoms with Crippen molar-refractivity contribution in [3.05, 3.63) is 218 Å². The number of hydrogen-bond acceptors (Lipinski definition) is 1. The number of para-hydroxylation sites is 2. The van der Waals surface area contributed by atoms with E-state index in [1.165, 1.54) is 76.4 Å². The van der Waals surface area contributed by atoms with E-state index in [2.05, 4.69) is 228 Å². The standard InChI is InChI=1S/C54H36N2/c1-2-12-41-36-42(21-20-37(41)10-1)38-22-27-43(28-23-38)55(45-31-33-46(34-32-45)56-53-18-7-5-14-51(53)52-15-6-8-19-54(52)56)44-29-24-40(25-30-44)48-16-9-17-49-47-13-4-3-11-39(47)26-35-50(48)49/h1-36H. The first kappa shape index (κ1) is 32.0. The fourth-order valence-corrected chi connectivity index (χ4v) is 8.65. The summed E-state index contributed by atoms with van der Waals surface area (Å²) < 4.78 is 2.37. The molecule has 0 N–H and O–H groups in total. The summed E-state index contributed by atoms with van der Waals surface area (Å²) in [7, 11) is 0. The van der Waals surface area contributed by atoms with Gasteiger partial charge < -0.3 is 9.47 Å². The van der Waals surface area contributed by atoms with Crippen LogP contribution < -0.4 is 4.90 Å². The second-order valence-electron chi connectivity index (χ2n) is 14.6. The van der Waals surface area contributed by atoms with Gasteiger partial charge in [-0.25, -0.2) is 0 Å². The summed E-state index contributed by atoms with van der Waals surface area (Å²) in [6, 6.07) is 79.5. The van der Waals surface area contributed by atoms with Crippen LogP contribution >= 0.6 is 0 Å². The van der Waals surface area contributed by atoms with Crippen LogP contribution in [0, 0.1) is 0 Å². The van der Waals surface area contributed by atoms with Crippen LogP contribution in [-0.4, -0.2) is 4.57 Å². The lowest BCUT2D eigenvalue weighted by Crippen LogP contribution is -2.10. The molecule has 11 rings (SSSR count). The molecule has 0 amide bonds. The third-order valence-electron chi connectivity index (χ3n) is 11.4. The van der Waals surface area contributed by atoms with Crippen molar-refractivity contribution in [2.24, 2.45) is 0 Å². The van der Waals surface area contributed by atoms with E-state index in [4.69, 9.17) is 0 Å². The first-order chi connectivity index (χ1) is 27.8. The van der Waals surface area contributed by atoms with Crippen molar-refractivity contribution < 1.29 is 0 Å². The van der Waals surface area contributed by atoms with Gasteiger partial charge in [0.05, 0.1) is 11.0 Å². The number of rotatable bonds is 6. The molecule has 1 aromatic heterocycles. The predicted molar refractivity (Wildman–Crippen MR) is 239 cm³/mol. The third kappa shape index (κ3) is 5.34. The molecule has 0 aliphatic rings. The number of hydrogen-bond donors (Lipinski definition) is 0. The summed E-state index contributed by atoms with van der Waals surface area (Å²) in [5.74, 6) is 0. The zero-order valence-corrected chi connectivity index (χ0v) is 30.7. The molecule has 1 heterocycles. The Morgan fingerprint density at radius 1 is 0.286 bits per heavy atom. The number of fused-ring (bicyclic) bond motifs is 7. The van der Waals surface area contributed by atoms with Crippen LogP contribution in [0.1, 0.15) is 0 Å². The minimum Gasteiger partial charge on any atom is -0.311 e. The molecule has 0 saturated heterocycles. The van der Waals surface area contributed by atoms with E-state index < -0.39 is 0 Å². The Labute approximate surface area is 325 Å². The van der Waals surface area contributed by atoms with Gasteiger partial charge in [0, 0.05) is 33.5 Å². The van der Waals surface area contributed by atoms with Crippen molar-refractivity contribution in [3.8, 4) is 27.9 Å². The van der Waals surface area contributed by atoms with Crippen molar-refractivity contribution in [1.82, 2.24) is 4.57 Å². The smallest absolute Gasteiger partial charge is 0.0541 e. The average molecular weight is 713 g/mol. The number of benzene rings is 10. The molecule has 0 bridgehead atoms. The summed E-state index contributed by atoms with van der Waals surface area (Å²) in [6.45, 7) is 0. The highest BCUT2D eigenvalue weighted by Gasteiger charge is 2.16. The van der Waals surface area contributed by atoms with E-state index >= 15 is 0 Å². The van der Waals surface area contributed by atoms with E-state index in [1.807, 2.05) is 0 Å². The fraction of sp³-hybridized carbons (Fsp3) is 0. The predicted octanol–water partition coefficient (Wildman–Crippen LogP) is 15.0. The summed E-state index contributed by atoms with van der Waals surface area (Å²) in [5, 5.41) is 10.1. The maximum absolute atomic E-state index is 2.37. The van der Waals surface area contributed by atoms with E-state index in [9.17, 15) is 0 Å². The molecule has 11 aromatic rings. The van der Waals surface area contributed by atoms with Crippen LogP contribution in [-0.2, 0) is 0 Å². The van der Waals surface area contributed by atoms with Gasteiger partial charge in [0.1, 0.15) is 0 Å². The van der Waals surface area contributed by atoms with Crippen LogP contribution in [0.2, 0.25) is 0 Å². The van der Waals surface area contributed by atoms with Crippen LogP contribution in [0.3, 0.4) is 0 Å². The van der Waals surface area contributed by atoms with Gasteiger partial charge in [0.25, 0.3) is 0 Å². The zero-order chi connectivity index (χ0) is 37.0. The topological polar surface area (TPSA) is 8.17 Å². The highest BCUT2D eigenvalue weighted by atomic mass is 15.1. The molecule has 0 atom stereocenters. The fourth-order valence-electron chi connectivity index (χ4n) is 8.65. The molecular weight excluding hydrogens is 677 g/mol. The molecule has 0 unspecified atom stereocenters. The van der Waals surface area contributed by atoms with Gasteiger partial charge in [0.15, 0.2) is 0 Å². The Morgan fingerprint density at radius 2 is 0.786 bits per heavy atom. The highest BCUT2D eigenvalue weighted by Crippen LogP contribution is 2.40. The summed E-state index contributed by atoms with van der Waals surface area (Å²) in [5.41, 5.74) is 11.7. The molecule has 0 aliphatic heterocycles. The van der Waals surface area contributed by atoms with Gasteiger partial charge in [-0.05, 0) is 121 Å². The zero-order valence-electron chi connectivity index (χ0n) is 30.7. The molecule has 10 aromatic carbocycles. The van der Waals surface area contributed by atoms with Gasteiger partial charge >= 0.3 is 0 Å². The quantitative estimate of drug-likeness (QED) is 0.156. The average Bonchev–Trinajstić information content (AvgIpc) is 3.61. The van der Waals surface area contributed by atoms with Crippen molar-refractivity contribution in [2.45, 2.75) is 0 Å². The van der Waals surface area contributed by atoms with Crippen LogP contribution in [0.25, 0.3) is 82.1 Å². The van der Waals surface area contributed by atoms with Gasteiger partial charge in [0.2, 0.25) is 0 Å². The van der Waals surface area contributed by atoms with Gasteiger partial charge in [-0.2, -0.15) is 0 Å². The summed E-state index contributed by atoms with van der Waals surface area (Å²) >= 11 is 0. The normalized spacial score (nSPS) is 11.6. The van der Waals surface area contributed by atoms with Crippen molar-refractivity contribution in [2.75, 3.05) is 4.90 Å².